The Kier molecular flexibility index (Phi) is 4.66. The van der Waals surface area contributed by atoms with Crippen LogP contribution in [0.3, 0.4) is 0 Å². The Morgan fingerprint density at radius 2 is 1.94 bits per heavy atom. The highest BCUT2D eigenvalue weighted by atomic mass is 127. The summed E-state index contributed by atoms with van der Waals surface area (Å²) in [5.74, 6) is 0.957. The minimum Gasteiger partial charge on any atom is -0.454 e. The van der Waals surface area contributed by atoms with Gasteiger partial charge in [-0.1, -0.05) is 18.2 Å². The van der Waals surface area contributed by atoms with Gasteiger partial charge in [-0.05, 0) is 60.4 Å². The first-order valence-corrected chi connectivity index (χ1v) is 6.94. The largest absolute Gasteiger partial charge is 0.454 e. The maximum atomic E-state index is 5.54. The Balaban J connectivity index is 2.04. The molecule has 1 aromatic carbocycles. The summed E-state index contributed by atoms with van der Waals surface area (Å²) >= 11 is 2.18. The molecular weight excluding hydrogens is 339 g/mol. The molecule has 4 heteroatoms. The van der Waals surface area contributed by atoms with Crippen LogP contribution in [0, 0.1) is 3.77 Å². The number of halogens is 1. The van der Waals surface area contributed by atoms with E-state index in [2.05, 4.69) is 65.1 Å². The molecule has 2 rings (SSSR count). The maximum absolute atomic E-state index is 5.54. The normalized spacial score (nSPS) is 10.9. The van der Waals surface area contributed by atoms with Crippen molar-refractivity contribution in [2.75, 3.05) is 19.4 Å². The number of para-hydroxylation sites is 1. The number of nitrogens with zero attached hydrogens (tertiary/aromatic N) is 1. The zero-order chi connectivity index (χ0) is 13.0. The molecule has 96 valence electrons. The van der Waals surface area contributed by atoms with Crippen LogP contribution in [0.25, 0.3) is 0 Å². The fourth-order valence-electron chi connectivity index (χ4n) is 1.80. The Hall–Kier alpha value is -1.01. The molecule has 0 saturated heterocycles. The van der Waals surface area contributed by atoms with E-state index in [0.717, 1.165) is 21.8 Å². The van der Waals surface area contributed by atoms with E-state index in [-0.39, 0.29) is 0 Å². The van der Waals surface area contributed by atoms with Crippen LogP contribution >= 0.6 is 22.6 Å². The van der Waals surface area contributed by atoms with Crippen LogP contribution in [0.5, 0.6) is 0 Å². The predicted molar refractivity (Wildman–Crippen MR) is 82.6 cm³/mol. The van der Waals surface area contributed by atoms with Crippen molar-refractivity contribution in [2.24, 2.45) is 0 Å². The summed E-state index contributed by atoms with van der Waals surface area (Å²) in [6, 6.07) is 12.3. The van der Waals surface area contributed by atoms with Gasteiger partial charge in [-0.2, -0.15) is 0 Å². The van der Waals surface area contributed by atoms with E-state index in [4.69, 9.17) is 4.42 Å². The molecule has 2 aromatic rings. The molecule has 0 bridgehead atoms. The molecule has 1 N–H and O–H groups in total. The Morgan fingerprint density at radius 3 is 2.61 bits per heavy atom. The highest BCUT2D eigenvalue weighted by Gasteiger charge is 2.04. The molecule has 1 aromatic heterocycles. The molecule has 0 aliphatic rings. The van der Waals surface area contributed by atoms with Crippen LogP contribution in [0.4, 0.5) is 5.69 Å². The van der Waals surface area contributed by atoms with Gasteiger partial charge in [0.05, 0.1) is 6.54 Å². The third kappa shape index (κ3) is 3.74. The van der Waals surface area contributed by atoms with Gasteiger partial charge in [0, 0.05) is 12.2 Å². The topological polar surface area (TPSA) is 28.4 Å². The highest BCUT2D eigenvalue weighted by Crippen LogP contribution is 2.18. The second-order valence-corrected chi connectivity index (χ2v) is 5.52. The number of benzene rings is 1. The Bertz CT molecular complexity index is 508. The van der Waals surface area contributed by atoms with Gasteiger partial charge in [-0.15, -0.1) is 0 Å². The Labute approximate surface area is 121 Å². The van der Waals surface area contributed by atoms with E-state index in [1.165, 1.54) is 5.56 Å². The summed E-state index contributed by atoms with van der Waals surface area (Å²) in [5, 5.41) is 3.42. The van der Waals surface area contributed by atoms with Gasteiger partial charge in [0.2, 0.25) is 0 Å². The monoisotopic (exact) mass is 356 g/mol. The van der Waals surface area contributed by atoms with Crippen molar-refractivity contribution in [3.05, 3.63) is 51.5 Å². The second kappa shape index (κ2) is 6.24. The fraction of sp³-hybridized carbons (Fsp3) is 0.286. The molecule has 0 fully saturated rings. The lowest BCUT2D eigenvalue weighted by Gasteiger charge is -2.14. The van der Waals surface area contributed by atoms with Gasteiger partial charge in [0.15, 0.2) is 3.77 Å². The van der Waals surface area contributed by atoms with Gasteiger partial charge in [-0.3, -0.25) is 0 Å². The summed E-state index contributed by atoms with van der Waals surface area (Å²) in [4.78, 5) is 2.16. The van der Waals surface area contributed by atoms with Gasteiger partial charge < -0.3 is 14.6 Å². The summed E-state index contributed by atoms with van der Waals surface area (Å²) in [5.41, 5.74) is 2.46. The Morgan fingerprint density at radius 1 is 1.17 bits per heavy atom. The zero-order valence-corrected chi connectivity index (χ0v) is 12.8. The molecule has 0 saturated carbocycles. The molecule has 1 heterocycles. The molecule has 3 nitrogen and oxygen atoms in total. The number of anilines is 1. The number of nitrogens with one attached hydrogen (secondary N) is 1. The van der Waals surface area contributed by atoms with Crippen LogP contribution in [-0.4, -0.2) is 19.0 Å². The summed E-state index contributed by atoms with van der Waals surface area (Å²) < 4.78 is 6.46. The van der Waals surface area contributed by atoms with Crippen LogP contribution in [0.15, 0.2) is 40.8 Å². The molecule has 18 heavy (non-hydrogen) atoms. The zero-order valence-electron chi connectivity index (χ0n) is 10.6. The second-order valence-electron chi connectivity index (χ2n) is 4.45. The van der Waals surface area contributed by atoms with Gasteiger partial charge in [0.25, 0.3) is 0 Å². The fourth-order valence-corrected chi connectivity index (χ4v) is 2.26. The van der Waals surface area contributed by atoms with Gasteiger partial charge in [0.1, 0.15) is 5.76 Å². The first-order chi connectivity index (χ1) is 8.65. The van der Waals surface area contributed by atoms with Crippen LogP contribution in [0.1, 0.15) is 11.3 Å². The lowest BCUT2D eigenvalue weighted by Crippen LogP contribution is -2.12. The maximum Gasteiger partial charge on any atom is 0.164 e. The van der Waals surface area contributed by atoms with Gasteiger partial charge in [-0.25, -0.2) is 0 Å². The first kappa shape index (κ1) is 13.4. The number of hydrogen-bond donors (Lipinski definition) is 1. The lowest BCUT2D eigenvalue weighted by molar-refractivity contribution is 0.403. The average molecular weight is 356 g/mol. The number of rotatable bonds is 5. The number of hydrogen-bond acceptors (Lipinski definition) is 3. The van der Waals surface area contributed by atoms with Crippen molar-refractivity contribution in [2.45, 2.75) is 13.1 Å². The summed E-state index contributed by atoms with van der Waals surface area (Å²) in [6.45, 7) is 1.65. The third-order valence-electron chi connectivity index (χ3n) is 2.59. The lowest BCUT2D eigenvalue weighted by atomic mass is 10.1. The highest BCUT2D eigenvalue weighted by molar-refractivity contribution is 14.1. The standard InChI is InChI=1S/C14H17IN2O/c1-17(2)10-11-5-3-4-6-13(11)16-9-12-7-8-14(15)18-12/h3-8,16H,9-10H2,1-2H3. The molecular formula is C14H17IN2O. The van der Waals surface area contributed by atoms with Crippen LogP contribution in [0.2, 0.25) is 0 Å². The van der Waals surface area contributed by atoms with E-state index in [1.54, 1.807) is 0 Å². The number of furan rings is 1. The van der Waals surface area contributed by atoms with E-state index in [9.17, 15) is 0 Å². The predicted octanol–water partition coefficient (Wildman–Crippen LogP) is 3.56. The van der Waals surface area contributed by atoms with E-state index in [1.807, 2.05) is 18.2 Å². The summed E-state index contributed by atoms with van der Waals surface area (Å²) in [7, 11) is 4.15. The smallest absolute Gasteiger partial charge is 0.164 e. The van der Waals surface area contributed by atoms with Crippen molar-refractivity contribution >= 4 is 28.3 Å². The molecule has 0 aliphatic carbocycles. The average Bonchev–Trinajstić information content (AvgIpc) is 2.73. The minimum absolute atomic E-state index is 0.716. The SMILES string of the molecule is CN(C)Cc1ccccc1NCc1ccc(I)o1. The molecule has 0 aliphatic heterocycles. The van der Waals surface area contributed by atoms with Crippen molar-refractivity contribution in [3.8, 4) is 0 Å². The first-order valence-electron chi connectivity index (χ1n) is 5.86. The molecule has 0 unspecified atom stereocenters. The van der Waals surface area contributed by atoms with Gasteiger partial charge >= 0.3 is 0 Å². The van der Waals surface area contributed by atoms with Crippen LogP contribution in [-0.2, 0) is 13.1 Å². The quantitative estimate of drug-likeness (QED) is 0.831. The van der Waals surface area contributed by atoms with Crippen molar-refractivity contribution in [1.82, 2.24) is 4.90 Å². The minimum atomic E-state index is 0.716. The molecule has 0 radical (unpaired) electrons. The molecule has 0 spiro atoms. The van der Waals surface area contributed by atoms with E-state index >= 15 is 0 Å². The third-order valence-corrected chi connectivity index (χ3v) is 3.17. The van der Waals surface area contributed by atoms with Crippen molar-refractivity contribution in [1.29, 1.82) is 0 Å². The molecule has 0 amide bonds. The van der Waals surface area contributed by atoms with E-state index in [0.29, 0.717) is 6.54 Å². The summed E-state index contributed by atoms with van der Waals surface area (Å²) in [6.07, 6.45) is 0. The van der Waals surface area contributed by atoms with Crippen LogP contribution < -0.4 is 5.32 Å². The van der Waals surface area contributed by atoms with Crippen molar-refractivity contribution < 1.29 is 4.42 Å². The molecule has 0 atom stereocenters. The van der Waals surface area contributed by atoms with E-state index < -0.39 is 0 Å². The van der Waals surface area contributed by atoms with Crippen molar-refractivity contribution in [3.63, 3.8) is 0 Å².